The van der Waals surface area contributed by atoms with Crippen LogP contribution in [0, 0.1) is 0 Å². The van der Waals surface area contributed by atoms with E-state index in [1.165, 1.54) is 5.57 Å². The van der Waals surface area contributed by atoms with Gasteiger partial charge < -0.3 is 10.0 Å². The van der Waals surface area contributed by atoms with Crippen LogP contribution in [-0.4, -0.2) is 35.7 Å². The van der Waals surface area contributed by atoms with Gasteiger partial charge in [-0.1, -0.05) is 18.6 Å². The first-order valence-corrected chi connectivity index (χ1v) is 4.82. The molecule has 1 unspecified atom stereocenters. The molecule has 1 heterocycles. The average Bonchev–Trinajstić information content (AvgIpc) is 2.05. The highest BCUT2D eigenvalue weighted by Gasteiger charge is 2.11. The van der Waals surface area contributed by atoms with Gasteiger partial charge in [0.15, 0.2) is 0 Å². The zero-order chi connectivity index (χ0) is 8.97. The SMILES string of the molecule is CCN1CCC(=CC(C)O)CC1. The Balaban J connectivity index is 2.35. The summed E-state index contributed by atoms with van der Waals surface area (Å²) in [6.07, 6.45) is 4.00. The van der Waals surface area contributed by atoms with Crippen molar-refractivity contribution in [3.05, 3.63) is 11.6 Å². The lowest BCUT2D eigenvalue weighted by Gasteiger charge is -2.27. The van der Waals surface area contributed by atoms with E-state index < -0.39 is 0 Å². The van der Waals surface area contributed by atoms with Crippen LogP contribution < -0.4 is 0 Å². The lowest BCUT2D eigenvalue weighted by atomic mass is 10.0. The van der Waals surface area contributed by atoms with Crippen LogP contribution in [0.2, 0.25) is 0 Å². The second-order valence-electron chi connectivity index (χ2n) is 3.50. The van der Waals surface area contributed by atoms with Crippen molar-refractivity contribution in [1.29, 1.82) is 0 Å². The molecule has 2 nitrogen and oxygen atoms in total. The van der Waals surface area contributed by atoms with Gasteiger partial charge in [-0.2, -0.15) is 0 Å². The molecule has 1 fully saturated rings. The maximum atomic E-state index is 9.14. The van der Waals surface area contributed by atoms with Crippen LogP contribution in [0.3, 0.4) is 0 Å². The molecule has 0 aromatic carbocycles. The van der Waals surface area contributed by atoms with E-state index in [1.807, 2.05) is 13.0 Å². The first-order chi connectivity index (χ1) is 5.72. The summed E-state index contributed by atoms with van der Waals surface area (Å²) in [6, 6.07) is 0. The molecule has 2 heteroatoms. The lowest BCUT2D eigenvalue weighted by Crippen LogP contribution is -2.30. The fourth-order valence-electron chi connectivity index (χ4n) is 1.66. The Morgan fingerprint density at radius 3 is 2.50 bits per heavy atom. The Labute approximate surface area is 74.9 Å². The van der Waals surface area contributed by atoms with Crippen molar-refractivity contribution in [1.82, 2.24) is 4.90 Å². The third-order valence-corrected chi connectivity index (χ3v) is 2.42. The van der Waals surface area contributed by atoms with Gasteiger partial charge in [0.1, 0.15) is 0 Å². The van der Waals surface area contributed by atoms with Gasteiger partial charge in [-0.15, -0.1) is 0 Å². The third-order valence-electron chi connectivity index (χ3n) is 2.42. The van der Waals surface area contributed by atoms with Crippen molar-refractivity contribution >= 4 is 0 Å². The molecule has 0 saturated carbocycles. The van der Waals surface area contributed by atoms with Crippen molar-refractivity contribution < 1.29 is 5.11 Å². The maximum Gasteiger partial charge on any atom is 0.0695 e. The van der Waals surface area contributed by atoms with Crippen molar-refractivity contribution in [3.63, 3.8) is 0 Å². The summed E-state index contributed by atoms with van der Waals surface area (Å²) in [5, 5.41) is 9.14. The fraction of sp³-hybridized carbons (Fsp3) is 0.800. The molecule has 12 heavy (non-hydrogen) atoms. The number of aliphatic hydroxyl groups is 1. The molecule has 0 amide bonds. The molecule has 70 valence electrons. The molecule has 1 aliphatic heterocycles. The van der Waals surface area contributed by atoms with Gasteiger partial charge in [0.25, 0.3) is 0 Å². The highest BCUT2D eigenvalue weighted by atomic mass is 16.3. The highest BCUT2D eigenvalue weighted by Crippen LogP contribution is 2.15. The van der Waals surface area contributed by atoms with Crippen molar-refractivity contribution in [3.8, 4) is 0 Å². The van der Waals surface area contributed by atoms with Crippen molar-refractivity contribution in [2.45, 2.75) is 32.8 Å². The zero-order valence-electron chi connectivity index (χ0n) is 8.08. The van der Waals surface area contributed by atoms with Gasteiger partial charge in [-0.3, -0.25) is 0 Å². The molecule has 0 spiro atoms. The van der Waals surface area contributed by atoms with Crippen LogP contribution in [0.5, 0.6) is 0 Å². The average molecular weight is 169 g/mol. The summed E-state index contributed by atoms with van der Waals surface area (Å²) in [6.45, 7) is 7.49. The Hall–Kier alpha value is -0.340. The minimum absolute atomic E-state index is 0.270. The number of piperidine rings is 1. The fourth-order valence-corrected chi connectivity index (χ4v) is 1.66. The van der Waals surface area contributed by atoms with Gasteiger partial charge in [0, 0.05) is 13.1 Å². The maximum absolute atomic E-state index is 9.14. The predicted molar refractivity (Wildman–Crippen MR) is 51.1 cm³/mol. The lowest BCUT2D eigenvalue weighted by molar-refractivity contribution is 0.236. The molecule has 1 rings (SSSR count). The number of likely N-dealkylation sites (tertiary alicyclic amines) is 1. The molecule has 0 aromatic rings. The highest BCUT2D eigenvalue weighted by molar-refractivity contribution is 5.07. The molecule has 0 aromatic heterocycles. The quantitative estimate of drug-likeness (QED) is 0.632. The Morgan fingerprint density at radius 1 is 1.50 bits per heavy atom. The second-order valence-corrected chi connectivity index (χ2v) is 3.50. The smallest absolute Gasteiger partial charge is 0.0695 e. The van der Waals surface area contributed by atoms with E-state index in [9.17, 15) is 0 Å². The molecule has 1 aliphatic rings. The summed E-state index contributed by atoms with van der Waals surface area (Å²) in [5.41, 5.74) is 1.43. The summed E-state index contributed by atoms with van der Waals surface area (Å²) in [5.74, 6) is 0. The largest absolute Gasteiger partial charge is 0.389 e. The predicted octanol–water partition coefficient (Wildman–Crippen LogP) is 1.41. The minimum atomic E-state index is -0.270. The second kappa shape index (κ2) is 4.63. The Morgan fingerprint density at radius 2 is 2.08 bits per heavy atom. The topological polar surface area (TPSA) is 23.5 Å². The number of aliphatic hydroxyl groups excluding tert-OH is 1. The van der Waals surface area contributed by atoms with Crippen LogP contribution >= 0.6 is 0 Å². The van der Waals surface area contributed by atoms with Crippen LogP contribution in [0.4, 0.5) is 0 Å². The van der Waals surface area contributed by atoms with E-state index >= 15 is 0 Å². The van der Waals surface area contributed by atoms with Gasteiger partial charge in [0.2, 0.25) is 0 Å². The van der Waals surface area contributed by atoms with Crippen LogP contribution in [0.25, 0.3) is 0 Å². The third kappa shape index (κ3) is 2.95. The van der Waals surface area contributed by atoms with Gasteiger partial charge >= 0.3 is 0 Å². The van der Waals surface area contributed by atoms with Crippen LogP contribution in [0.15, 0.2) is 11.6 Å². The Kier molecular flexibility index (Phi) is 3.76. The number of hydrogen-bond donors (Lipinski definition) is 1. The number of rotatable bonds is 2. The normalized spacial score (nSPS) is 22.4. The number of nitrogens with zero attached hydrogens (tertiary/aromatic N) is 1. The number of hydrogen-bond acceptors (Lipinski definition) is 2. The van der Waals surface area contributed by atoms with Gasteiger partial charge in [-0.05, 0) is 26.3 Å². The van der Waals surface area contributed by atoms with E-state index in [-0.39, 0.29) is 6.10 Å². The molecule has 1 N–H and O–H groups in total. The zero-order valence-corrected chi connectivity index (χ0v) is 8.08. The van der Waals surface area contributed by atoms with E-state index in [0.29, 0.717) is 0 Å². The first-order valence-electron chi connectivity index (χ1n) is 4.82. The van der Waals surface area contributed by atoms with E-state index in [0.717, 1.165) is 32.5 Å². The van der Waals surface area contributed by atoms with Crippen LogP contribution in [0.1, 0.15) is 26.7 Å². The van der Waals surface area contributed by atoms with Gasteiger partial charge in [0.05, 0.1) is 6.10 Å². The van der Waals surface area contributed by atoms with Gasteiger partial charge in [-0.25, -0.2) is 0 Å². The molecule has 0 radical (unpaired) electrons. The standard InChI is InChI=1S/C10H19NO/c1-3-11-6-4-10(5-7-11)8-9(2)12/h8-9,12H,3-7H2,1-2H3. The van der Waals surface area contributed by atoms with Crippen molar-refractivity contribution in [2.75, 3.05) is 19.6 Å². The minimum Gasteiger partial charge on any atom is -0.389 e. The van der Waals surface area contributed by atoms with Crippen molar-refractivity contribution in [2.24, 2.45) is 0 Å². The van der Waals surface area contributed by atoms with E-state index in [1.54, 1.807) is 0 Å². The van der Waals surface area contributed by atoms with Crippen LogP contribution in [-0.2, 0) is 0 Å². The molecular formula is C10H19NO. The van der Waals surface area contributed by atoms with E-state index in [2.05, 4.69) is 11.8 Å². The summed E-state index contributed by atoms with van der Waals surface area (Å²) in [7, 11) is 0. The summed E-state index contributed by atoms with van der Waals surface area (Å²) >= 11 is 0. The van der Waals surface area contributed by atoms with E-state index in [4.69, 9.17) is 5.11 Å². The molecule has 1 atom stereocenters. The monoisotopic (exact) mass is 169 g/mol. The molecular weight excluding hydrogens is 150 g/mol. The first kappa shape index (κ1) is 9.75. The Bertz CT molecular complexity index is 153. The summed E-state index contributed by atoms with van der Waals surface area (Å²) < 4.78 is 0. The molecule has 0 aliphatic carbocycles. The summed E-state index contributed by atoms with van der Waals surface area (Å²) in [4.78, 5) is 2.44. The molecule has 1 saturated heterocycles. The molecule has 0 bridgehead atoms.